The fourth-order valence-electron chi connectivity index (χ4n) is 1.18. The number of carbonyl (C=O) groups is 1. The summed E-state index contributed by atoms with van der Waals surface area (Å²) in [5, 5.41) is 8.65. The molecule has 0 aliphatic carbocycles. The van der Waals surface area contributed by atoms with Gasteiger partial charge in [-0.15, -0.1) is 0 Å². The SMILES string of the molecule is NC1CCOCC(C(=O)O)C1. The van der Waals surface area contributed by atoms with Crippen molar-refractivity contribution in [2.24, 2.45) is 11.7 Å². The van der Waals surface area contributed by atoms with Crippen LogP contribution in [0.4, 0.5) is 0 Å². The Kier molecular flexibility index (Phi) is 2.84. The Morgan fingerprint density at radius 1 is 1.64 bits per heavy atom. The largest absolute Gasteiger partial charge is 0.481 e. The Balaban J connectivity index is 2.45. The molecule has 1 aliphatic heterocycles. The summed E-state index contributed by atoms with van der Waals surface area (Å²) in [6.45, 7) is 0.897. The van der Waals surface area contributed by atoms with E-state index in [1.54, 1.807) is 0 Å². The van der Waals surface area contributed by atoms with Crippen molar-refractivity contribution in [2.45, 2.75) is 18.9 Å². The molecule has 0 aromatic rings. The van der Waals surface area contributed by atoms with Crippen LogP contribution < -0.4 is 5.73 Å². The fourth-order valence-corrected chi connectivity index (χ4v) is 1.18. The molecule has 1 rings (SSSR count). The Bertz CT molecular complexity index is 149. The average molecular weight is 159 g/mol. The lowest BCUT2D eigenvalue weighted by atomic mass is 10.0. The third kappa shape index (κ3) is 2.48. The molecular formula is C7H13NO3. The lowest BCUT2D eigenvalue weighted by Gasteiger charge is -2.10. The topological polar surface area (TPSA) is 72.5 Å². The third-order valence-corrected chi connectivity index (χ3v) is 1.89. The summed E-state index contributed by atoms with van der Waals surface area (Å²) in [6, 6.07) is -0.0152. The van der Waals surface area contributed by atoms with Crippen molar-refractivity contribution in [3.8, 4) is 0 Å². The molecule has 1 heterocycles. The molecule has 0 saturated carbocycles. The minimum atomic E-state index is -0.803. The van der Waals surface area contributed by atoms with Crippen molar-refractivity contribution < 1.29 is 14.6 Å². The number of hydrogen-bond acceptors (Lipinski definition) is 3. The summed E-state index contributed by atoms with van der Waals surface area (Å²) in [5.74, 6) is -1.21. The zero-order valence-corrected chi connectivity index (χ0v) is 6.32. The van der Waals surface area contributed by atoms with E-state index in [1.165, 1.54) is 0 Å². The zero-order valence-electron chi connectivity index (χ0n) is 6.32. The minimum absolute atomic E-state index is 0.0152. The van der Waals surface area contributed by atoms with E-state index in [0.29, 0.717) is 19.6 Å². The lowest BCUT2D eigenvalue weighted by molar-refractivity contribution is -0.143. The van der Waals surface area contributed by atoms with Crippen LogP contribution in [0, 0.1) is 5.92 Å². The molecule has 4 heteroatoms. The number of nitrogens with two attached hydrogens (primary N) is 1. The van der Waals surface area contributed by atoms with Gasteiger partial charge in [-0.1, -0.05) is 0 Å². The first-order chi connectivity index (χ1) is 5.20. The molecule has 11 heavy (non-hydrogen) atoms. The monoisotopic (exact) mass is 159 g/mol. The molecular weight excluding hydrogens is 146 g/mol. The average Bonchev–Trinajstić information content (AvgIpc) is 2.13. The van der Waals surface area contributed by atoms with Gasteiger partial charge in [0.25, 0.3) is 0 Å². The number of rotatable bonds is 1. The van der Waals surface area contributed by atoms with Crippen molar-refractivity contribution in [3.63, 3.8) is 0 Å². The van der Waals surface area contributed by atoms with E-state index >= 15 is 0 Å². The number of hydrogen-bond donors (Lipinski definition) is 2. The molecule has 0 bridgehead atoms. The molecule has 3 N–H and O–H groups in total. The van der Waals surface area contributed by atoms with Crippen LogP contribution in [0.1, 0.15) is 12.8 Å². The number of ether oxygens (including phenoxy) is 1. The smallest absolute Gasteiger partial charge is 0.308 e. The highest BCUT2D eigenvalue weighted by atomic mass is 16.5. The van der Waals surface area contributed by atoms with E-state index < -0.39 is 11.9 Å². The molecule has 1 saturated heterocycles. The van der Waals surface area contributed by atoms with Gasteiger partial charge in [-0.05, 0) is 12.8 Å². The maximum absolute atomic E-state index is 10.5. The van der Waals surface area contributed by atoms with Gasteiger partial charge in [0.1, 0.15) is 0 Å². The van der Waals surface area contributed by atoms with Gasteiger partial charge in [0.05, 0.1) is 12.5 Å². The van der Waals surface area contributed by atoms with Crippen LogP contribution in [0.5, 0.6) is 0 Å². The molecule has 4 nitrogen and oxygen atoms in total. The standard InChI is InChI=1S/C7H13NO3/c8-6-1-2-11-4-5(3-6)7(9)10/h5-6H,1-4,8H2,(H,9,10). The van der Waals surface area contributed by atoms with E-state index in [9.17, 15) is 4.79 Å². The van der Waals surface area contributed by atoms with Crippen LogP contribution in [0.3, 0.4) is 0 Å². The molecule has 1 aliphatic rings. The Labute approximate surface area is 65.3 Å². The maximum atomic E-state index is 10.5. The van der Waals surface area contributed by atoms with Gasteiger partial charge in [-0.2, -0.15) is 0 Å². The summed E-state index contributed by atoms with van der Waals surface area (Å²) in [4.78, 5) is 10.5. The summed E-state index contributed by atoms with van der Waals surface area (Å²) < 4.78 is 5.08. The first-order valence-electron chi connectivity index (χ1n) is 3.76. The number of carboxylic acid groups (broad SMARTS) is 1. The normalized spacial score (nSPS) is 32.8. The quantitative estimate of drug-likeness (QED) is 0.557. The van der Waals surface area contributed by atoms with E-state index in [4.69, 9.17) is 15.6 Å². The van der Waals surface area contributed by atoms with Crippen molar-refractivity contribution in [2.75, 3.05) is 13.2 Å². The molecule has 0 aromatic heterocycles. The van der Waals surface area contributed by atoms with E-state index in [1.807, 2.05) is 0 Å². The lowest BCUT2D eigenvalue weighted by Crippen LogP contribution is -2.26. The Morgan fingerprint density at radius 3 is 3.00 bits per heavy atom. The summed E-state index contributed by atoms with van der Waals surface area (Å²) in [6.07, 6.45) is 1.30. The molecule has 64 valence electrons. The van der Waals surface area contributed by atoms with Gasteiger partial charge in [-0.3, -0.25) is 4.79 Å². The fraction of sp³-hybridized carbons (Fsp3) is 0.857. The first-order valence-corrected chi connectivity index (χ1v) is 3.76. The minimum Gasteiger partial charge on any atom is -0.481 e. The van der Waals surface area contributed by atoms with Crippen LogP contribution in [0.25, 0.3) is 0 Å². The first kappa shape index (κ1) is 8.49. The van der Waals surface area contributed by atoms with Crippen LogP contribution in [-0.4, -0.2) is 30.3 Å². The van der Waals surface area contributed by atoms with Gasteiger partial charge in [0, 0.05) is 12.6 Å². The highest BCUT2D eigenvalue weighted by Crippen LogP contribution is 2.13. The van der Waals surface area contributed by atoms with Crippen LogP contribution in [-0.2, 0) is 9.53 Å². The summed E-state index contributed by atoms with van der Waals surface area (Å²) in [7, 11) is 0. The molecule has 0 spiro atoms. The van der Waals surface area contributed by atoms with E-state index in [2.05, 4.69) is 0 Å². The van der Waals surface area contributed by atoms with Crippen molar-refractivity contribution in [3.05, 3.63) is 0 Å². The molecule has 0 amide bonds. The maximum Gasteiger partial charge on any atom is 0.308 e. The molecule has 0 aromatic carbocycles. The Hall–Kier alpha value is -0.610. The third-order valence-electron chi connectivity index (χ3n) is 1.89. The second-order valence-corrected chi connectivity index (χ2v) is 2.89. The van der Waals surface area contributed by atoms with Crippen molar-refractivity contribution in [1.29, 1.82) is 0 Å². The van der Waals surface area contributed by atoms with Crippen molar-refractivity contribution in [1.82, 2.24) is 0 Å². The number of aliphatic carboxylic acids is 1. The highest BCUT2D eigenvalue weighted by Gasteiger charge is 2.23. The van der Waals surface area contributed by atoms with Crippen LogP contribution in [0.2, 0.25) is 0 Å². The summed E-state index contributed by atoms with van der Waals surface area (Å²) >= 11 is 0. The van der Waals surface area contributed by atoms with Gasteiger partial charge in [0.15, 0.2) is 0 Å². The van der Waals surface area contributed by atoms with E-state index in [-0.39, 0.29) is 6.04 Å². The van der Waals surface area contributed by atoms with Gasteiger partial charge < -0.3 is 15.6 Å². The molecule has 2 atom stereocenters. The van der Waals surface area contributed by atoms with Gasteiger partial charge >= 0.3 is 5.97 Å². The van der Waals surface area contributed by atoms with Gasteiger partial charge in [0.2, 0.25) is 0 Å². The van der Waals surface area contributed by atoms with E-state index in [0.717, 1.165) is 6.42 Å². The number of carboxylic acids is 1. The second-order valence-electron chi connectivity index (χ2n) is 2.89. The molecule has 2 unspecified atom stereocenters. The van der Waals surface area contributed by atoms with Crippen LogP contribution in [0.15, 0.2) is 0 Å². The highest BCUT2D eigenvalue weighted by molar-refractivity contribution is 5.70. The van der Waals surface area contributed by atoms with Gasteiger partial charge in [-0.25, -0.2) is 0 Å². The Morgan fingerprint density at radius 2 is 2.36 bits per heavy atom. The van der Waals surface area contributed by atoms with Crippen molar-refractivity contribution >= 4 is 5.97 Å². The second kappa shape index (κ2) is 3.69. The molecule has 1 fully saturated rings. The molecule has 0 radical (unpaired) electrons. The predicted octanol–water partition coefficient (Wildman–Crippen LogP) is -0.175. The predicted molar refractivity (Wildman–Crippen MR) is 39.2 cm³/mol. The van der Waals surface area contributed by atoms with Crippen LogP contribution >= 0.6 is 0 Å². The zero-order chi connectivity index (χ0) is 8.27. The summed E-state index contributed by atoms with van der Waals surface area (Å²) in [5.41, 5.74) is 5.62.